The van der Waals surface area contributed by atoms with Crippen LogP contribution in [0.2, 0.25) is 0 Å². The second-order valence-corrected chi connectivity index (χ2v) is 7.03. The molecule has 3 rings (SSSR count). The summed E-state index contributed by atoms with van der Waals surface area (Å²) in [4.78, 5) is 12.8. The zero-order valence-electron chi connectivity index (χ0n) is 9.90. The molecule has 0 spiro atoms. The first-order valence-corrected chi connectivity index (χ1v) is 7.53. The van der Waals surface area contributed by atoms with E-state index in [2.05, 4.69) is 5.32 Å². The number of halogens is 2. The molecule has 0 aliphatic heterocycles. The molecule has 1 aliphatic rings. The van der Waals surface area contributed by atoms with Crippen molar-refractivity contribution in [1.29, 1.82) is 0 Å². The van der Waals surface area contributed by atoms with E-state index in [1.807, 2.05) is 35.7 Å². The van der Waals surface area contributed by atoms with Crippen molar-refractivity contribution in [3.8, 4) is 0 Å². The number of hydrogen-bond donors (Lipinski definition) is 1. The lowest BCUT2D eigenvalue weighted by Crippen LogP contribution is -2.12. The second-order valence-electron chi connectivity index (χ2n) is 4.54. The summed E-state index contributed by atoms with van der Waals surface area (Å²) >= 11 is 13.6. The van der Waals surface area contributed by atoms with E-state index in [0.717, 1.165) is 17.7 Å². The third kappa shape index (κ3) is 2.64. The van der Waals surface area contributed by atoms with Crippen LogP contribution in [0.3, 0.4) is 0 Å². The summed E-state index contributed by atoms with van der Waals surface area (Å²) in [6.07, 6.45) is 0.724. The van der Waals surface area contributed by atoms with Crippen molar-refractivity contribution in [3.63, 3.8) is 0 Å². The highest BCUT2D eigenvalue weighted by molar-refractivity contribution is 7.12. The molecule has 2 nitrogen and oxygen atoms in total. The number of thiophene rings is 1. The molecule has 0 radical (unpaired) electrons. The molecule has 19 heavy (non-hydrogen) atoms. The zero-order valence-corrected chi connectivity index (χ0v) is 12.2. The first-order chi connectivity index (χ1) is 9.08. The molecule has 1 fully saturated rings. The lowest BCUT2D eigenvalue weighted by atomic mass is 10.1. The fourth-order valence-electron chi connectivity index (χ4n) is 2.06. The van der Waals surface area contributed by atoms with Gasteiger partial charge in [0.05, 0.1) is 4.88 Å². The first kappa shape index (κ1) is 13.0. The van der Waals surface area contributed by atoms with Gasteiger partial charge < -0.3 is 5.32 Å². The highest BCUT2D eigenvalue weighted by Crippen LogP contribution is 2.60. The van der Waals surface area contributed by atoms with Gasteiger partial charge in [-0.25, -0.2) is 0 Å². The van der Waals surface area contributed by atoms with Crippen LogP contribution >= 0.6 is 34.5 Å². The molecular formula is C14H11Cl2NOS. The molecule has 98 valence electrons. The van der Waals surface area contributed by atoms with Gasteiger partial charge in [-0.3, -0.25) is 4.79 Å². The van der Waals surface area contributed by atoms with Gasteiger partial charge in [0.2, 0.25) is 0 Å². The first-order valence-electron chi connectivity index (χ1n) is 5.89. The number of para-hydroxylation sites is 1. The second kappa shape index (κ2) is 4.82. The van der Waals surface area contributed by atoms with E-state index in [1.165, 1.54) is 11.3 Å². The number of carbonyl (C=O) groups excluding carboxylic acids is 1. The molecule has 1 aromatic heterocycles. The molecule has 1 heterocycles. The predicted molar refractivity (Wildman–Crippen MR) is 80.5 cm³/mol. The minimum Gasteiger partial charge on any atom is -0.321 e. The Balaban J connectivity index is 1.84. The number of carbonyl (C=O) groups is 1. The maximum atomic E-state index is 12.1. The molecule has 5 heteroatoms. The Labute approximate surface area is 125 Å². The van der Waals surface area contributed by atoms with Crippen LogP contribution in [0.4, 0.5) is 5.69 Å². The van der Waals surface area contributed by atoms with Crippen LogP contribution in [0, 0.1) is 0 Å². The molecule has 0 bridgehead atoms. The summed E-state index contributed by atoms with van der Waals surface area (Å²) in [5, 5.41) is 4.81. The summed E-state index contributed by atoms with van der Waals surface area (Å²) in [5.41, 5.74) is 1.78. The van der Waals surface area contributed by atoms with Crippen molar-refractivity contribution in [1.82, 2.24) is 0 Å². The average molecular weight is 312 g/mol. The van der Waals surface area contributed by atoms with Crippen molar-refractivity contribution in [3.05, 3.63) is 52.2 Å². The van der Waals surface area contributed by atoms with E-state index >= 15 is 0 Å². The highest BCUT2D eigenvalue weighted by Gasteiger charge is 2.53. The number of hydrogen-bond acceptors (Lipinski definition) is 2. The Morgan fingerprint density at radius 3 is 2.63 bits per heavy atom. The van der Waals surface area contributed by atoms with Crippen LogP contribution < -0.4 is 5.32 Å². The van der Waals surface area contributed by atoms with Gasteiger partial charge in [0.25, 0.3) is 5.91 Å². The van der Waals surface area contributed by atoms with Gasteiger partial charge in [-0.2, -0.15) is 0 Å². The number of nitrogens with one attached hydrogen (secondary N) is 1. The summed E-state index contributed by atoms with van der Waals surface area (Å²) < 4.78 is -0.691. The van der Waals surface area contributed by atoms with Crippen LogP contribution in [0.15, 0.2) is 41.8 Å². The lowest BCUT2D eigenvalue weighted by molar-refractivity contribution is 0.103. The quantitative estimate of drug-likeness (QED) is 0.820. The van der Waals surface area contributed by atoms with E-state index in [1.54, 1.807) is 6.07 Å². The zero-order chi connectivity index (χ0) is 13.5. The van der Waals surface area contributed by atoms with Crippen molar-refractivity contribution in [2.75, 3.05) is 5.32 Å². The molecule has 1 aliphatic carbocycles. The van der Waals surface area contributed by atoms with Crippen LogP contribution in [0.1, 0.15) is 27.6 Å². The largest absolute Gasteiger partial charge is 0.321 e. The van der Waals surface area contributed by atoms with Crippen LogP contribution in [-0.4, -0.2) is 10.2 Å². The van der Waals surface area contributed by atoms with Crippen molar-refractivity contribution in [2.24, 2.45) is 0 Å². The number of anilines is 1. The Kier molecular flexibility index (Phi) is 3.29. The maximum absolute atomic E-state index is 12.1. The average Bonchev–Trinajstić information content (AvgIpc) is 2.83. The smallest absolute Gasteiger partial charge is 0.265 e. The Morgan fingerprint density at radius 1 is 1.26 bits per heavy atom. The SMILES string of the molecule is O=C(Nc1ccccc1[C@H]1CC1(Cl)Cl)c1cccs1. The standard InChI is InChI=1S/C14H11Cl2NOS/c15-14(16)8-10(14)9-4-1-2-5-11(9)17-13(18)12-6-3-7-19-12/h1-7,10H,8H2,(H,17,18)/t10-/m1/s1. The number of rotatable bonds is 3. The van der Waals surface area contributed by atoms with Crippen LogP contribution in [0.5, 0.6) is 0 Å². The van der Waals surface area contributed by atoms with Gasteiger partial charge in [-0.1, -0.05) is 24.3 Å². The number of amides is 1. The minimum atomic E-state index is -0.691. The Bertz CT molecular complexity index is 610. The third-order valence-corrected chi connectivity index (χ3v) is 4.86. The molecule has 2 aromatic rings. The molecule has 0 unspecified atom stereocenters. The molecule has 1 atom stereocenters. The highest BCUT2D eigenvalue weighted by atomic mass is 35.5. The summed E-state index contributed by atoms with van der Waals surface area (Å²) in [7, 11) is 0. The van der Waals surface area contributed by atoms with Crippen LogP contribution in [0.25, 0.3) is 0 Å². The van der Waals surface area contributed by atoms with E-state index < -0.39 is 4.33 Å². The predicted octanol–water partition coefficient (Wildman–Crippen LogP) is 4.66. The van der Waals surface area contributed by atoms with Crippen molar-refractivity contribution in [2.45, 2.75) is 16.7 Å². The molecule has 0 saturated heterocycles. The van der Waals surface area contributed by atoms with E-state index in [9.17, 15) is 4.79 Å². The summed E-state index contributed by atoms with van der Waals surface area (Å²) in [6.45, 7) is 0. The number of alkyl halides is 2. The molecule has 1 N–H and O–H groups in total. The Hall–Kier alpha value is -1.03. The van der Waals surface area contributed by atoms with Gasteiger partial charge in [0.15, 0.2) is 0 Å². The summed E-state index contributed by atoms with van der Waals surface area (Å²) in [5.74, 6) is -0.00601. The van der Waals surface area contributed by atoms with E-state index in [0.29, 0.717) is 4.88 Å². The minimum absolute atomic E-state index is 0.0932. The van der Waals surface area contributed by atoms with Gasteiger partial charge in [-0.15, -0.1) is 34.5 Å². The van der Waals surface area contributed by atoms with Crippen molar-refractivity contribution < 1.29 is 4.79 Å². The molecule has 1 saturated carbocycles. The normalized spacial score (nSPS) is 20.0. The molecular weight excluding hydrogens is 301 g/mol. The lowest BCUT2D eigenvalue weighted by Gasteiger charge is -2.10. The number of benzene rings is 1. The maximum Gasteiger partial charge on any atom is 0.265 e. The topological polar surface area (TPSA) is 29.1 Å². The third-order valence-electron chi connectivity index (χ3n) is 3.16. The fourth-order valence-corrected chi connectivity index (χ4v) is 3.22. The van der Waals surface area contributed by atoms with Crippen molar-refractivity contribution >= 4 is 46.1 Å². The fraction of sp³-hybridized carbons (Fsp3) is 0.214. The van der Waals surface area contributed by atoms with Gasteiger partial charge in [-0.05, 0) is 29.5 Å². The summed E-state index contributed by atoms with van der Waals surface area (Å²) in [6, 6.07) is 11.3. The van der Waals surface area contributed by atoms with Gasteiger partial charge >= 0.3 is 0 Å². The van der Waals surface area contributed by atoms with Crippen LogP contribution in [-0.2, 0) is 0 Å². The monoisotopic (exact) mass is 311 g/mol. The van der Waals surface area contributed by atoms with E-state index in [-0.39, 0.29) is 11.8 Å². The van der Waals surface area contributed by atoms with Gasteiger partial charge in [0.1, 0.15) is 4.33 Å². The van der Waals surface area contributed by atoms with Gasteiger partial charge in [0, 0.05) is 11.6 Å². The molecule has 1 aromatic carbocycles. The Morgan fingerprint density at radius 2 is 2.00 bits per heavy atom. The van der Waals surface area contributed by atoms with E-state index in [4.69, 9.17) is 23.2 Å². The molecule has 1 amide bonds.